The highest BCUT2D eigenvalue weighted by atomic mass is 32.2. The van der Waals surface area contributed by atoms with Crippen molar-refractivity contribution in [1.29, 1.82) is 0 Å². The first-order chi connectivity index (χ1) is 13.6. The van der Waals surface area contributed by atoms with Crippen molar-refractivity contribution in [2.24, 2.45) is 0 Å². The number of carboxylic acid groups (broad SMARTS) is 1. The van der Waals surface area contributed by atoms with Gasteiger partial charge in [0.15, 0.2) is 21.4 Å². The van der Waals surface area contributed by atoms with E-state index in [2.05, 4.69) is 0 Å². The third-order valence-corrected chi connectivity index (χ3v) is 6.34. The summed E-state index contributed by atoms with van der Waals surface area (Å²) in [5.74, 6) is -2.79. The van der Waals surface area contributed by atoms with E-state index in [9.17, 15) is 22.0 Å². The quantitative estimate of drug-likeness (QED) is 0.628. The van der Waals surface area contributed by atoms with Gasteiger partial charge in [-0.15, -0.1) is 0 Å². The second-order valence-electron chi connectivity index (χ2n) is 6.52. The Morgan fingerprint density at radius 3 is 2.45 bits per heavy atom. The molecule has 0 aromatic heterocycles. The van der Waals surface area contributed by atoms with E-state index in [0.717, 1.165) is 6.07 Å². The van der Waals surface area contributed by atoms with Gasteiger partial charge in [-0.2, -0.15) is 0 Å². The van der Waals surface area contributed by atoms with Gasteiger partial charge in [0, 0.05) is 5.39 Å². The van der Waals surface area contributed by atoms with Crippen LogP contribution in [0, 0.1) is 18.6 Å². The lowest BCUT2D eigenvalue weighted by Gasteiger charge is -2.16. The Morgan fingerprint density at radius 2 is 1.83 bits per heavy atom. The maximum absolute atomic E-state index is 14.6. The van der Waals surface area contributed by atoms with Crippen LogP contribution in [-0.2, 0) is 21.1 Å². The van der Waals surface area contributed by atoms with E-state index in [-0.39, 0.29) is 28.6 Å². The molecule has 3 rings (SSSR count). The van der Waals surface area contributed by atoms with E-state index in [1.165, 1.54) is 37.3 Å². The van der Waals surface area contributed by atoms with Crippen LogP contribution >= 0.6 is 0 Å². The number of fused-ring (bicyclic) bond motifs is 1. The molecule has 0 atom stereocenters. The van der Waals surface area contributed by atoms with Crippen molar-refractivity contribution >= 4 is 26.6 Å². The van der Waals surface area contributed by atoms with Crippen LogP contribution in [0.1, 0.15) is 18.1 Å². The lowest BCUT2D eigenvalue weighted by Crippen LogP contribution is -2.05. The third kappa shape index (κ3) is 4.22. The van der Waals surface area contributed by atoms with Gasteiger partial charge in [0.2, 0.25) is 0 Å². The van der Waals surface area contributed by atoms with Crippen LogP contribution in [0.2, 0.25) is 0 Å². The molecule has 0 saturated heterocycles. The zero-order chi connectivity index (χ0) is 21.3. The van der Waals surface area contributed by atoms with Gasteiger partial charge in [0.05, 0.1) is 17.1 Å². The van der Waals surface area contributed by atoms with Crippen molar-refractivity contribution in [1.82, 2.24) is 0 Å². The molecule has 0 bridgehead atoms. The Hall–Kier alpha value is -3.00. The number of aliphatic carboxylic acids is 1. The molecule has 0 radical (unpaired) electrons. The molecular formula is C21H18F2O5S. The van der Waals surface area contributed by atoms with Gasteiger partial charge in [0.1, 0.15) is 11.6 Å². The van der Waals surface area contributed by atoms with Crippen molar-refractivity contribution in [2.75, 3.05) is 5.75 Å². The van der Waals surface area contributed by atoms with Crippen molar-refractivity contribution in [3.63, 3.8) is 0 Å². The van der Waals surface area contributed by atoms with Crippen LogP contribution in [0.5, 0.6) is 11.5 Å². The smallest absolute Gasteiger partial charge is 0.307 e. The first-order valence-electron chi connectivity index (χ1n) is 8.76. The number of halogens is 2. The Balaban J connectivity index is 2.15. The summed E-state index contributed by atoms with van der Waals surface area (Å²) >= 11 is 0. The maximum atomic E-state index is 14.6. The highest BCUT2D eigenvalue weighted by Crippen LogP contribution is 2.37. The van der Waals surface area contributed by atoms with Gasteiger partial charge in [-0.1, -0.05) is 19.1 Å². The molecule has 8 heteroatoms. The molecular weight excluding hydrogens is 402 g/mol. The monoisotopic (exact) mass is 420 g/mol. The van der Waals surface area contributed by atoms with Crippen LogP contribution in [0.25, 0.3) is 10.8 Å². The SMILES string of the molecule is CCS(=O)(=O)c1ccc(Oc2c(C)c(CC(=O)O)cc3ccc(F)cc23)c(F)c1. The van der Waals surface area contributed by atoms with Gasteiger partial charge in [0.25, 0.3) is 0 Å². The lowest BCUT2D eigenvalue weighted by atomic mass is 9.98. The minimum absolute atomic E-state index is 0.114. The molecule has 3 aromatic rings. The largest absolute Gasteiger partial charge is 0.481 e. The number of ether oxygens (including phenoxy) is 1. The van der Waals surface area contributed by atoms with Gasteiger partial charge in [-0.3, -0.25) is 4.79 Å². The molecule has 5 nitrogen and oxygen atoms in total. The molecule has 1 N–H and O–H groups in total. The number of rotatable bonds is 6. The Bertz CT molecular complexity index is 1220. The summed E-state index contributed by atoms with van der Waals surface area (Å²) in [5.41, 5.74) is 0.868. The molecule has 0 saturated carbocycles. The Kier molecular flexibility index (Phi) is 5.57. The summed E-state index contributed by atoms with van der Waals surface area (Å²) in [6.45, 7) is 3.06. The van der Waals surface area contributed by atoms with Crippen molar-refractivity contribution in [3.05, 3.63) is 65.2 Å². The molecule has 0 unspecified atom stereocenters. The number of hydrogen-bond acceptors (Lipinski definition) is 4. The second-order valence-corrected chi connectivity index (χ2v) is 8.80. The summed E-state index contributed by atoms with van der Waals surface area (Å²) in [6, 6.07) is 8.84. The fourth-order valence-electron chi connectivity index (χ4n) is 3.01. The van der Waals surface area contributed by atoms with Gasteiger partial charge in [-0.25, -0.2) is 17.2 Å². The highest BCUT2D eigenvalue weighted by Gasteiger charge is 2.19. The minimum Gasteiger partial charge on any atom is -0.481 e. The summed E-state index contributed by atoms with van der Waals surface area (Å²) in [4.78, 5) is 11.0. The Morgan fingerprint density at radius 1 is 1.10 bits per heavy atom. The van der Waals surface area contributed by atoms with Crippen LogP contribution < -0.4 is 4.74 Å². The topological polar surface area (TPSA) is 80.7 Å². The molecule has 0 spiro atoms. The van der Waals surface area contributed by atoms with Gasteiger partial charge in [-0.05, 0) is 53.8 Å². The maximum Gasteiger partial charge on any atom is 0.307 e. The molecule has 0 heterocycles. The molecule has 0 amide bonds. The molecule has 0 aliphatic carbocycles. The first kappa shape index (κ1) is 20.7. The Labute approximate surface area is 166 Å². The highest BCUT2D eigenvalue weighted by molar-refractivity contribution is 7.91. The first-order valence-corrected chi connectivity index (χ1v) is 10.4. The minimum atomic E-state index is -3.59. The van der Waals surface area contributed by atoms with Crippen LogP contribution in [0.15, 0.2) is 47.4 Å². The summed E-state index contributed by atoms with van der Waals surface area (Å²) < 4.78 is 57.9. The van der Waals surface area contributed by atoms with Gasteiger partial charge >= 0.3 is 5.97 Å². The summed E-state index contributed by atoms with van der Waals surface area (Å²) in [7, 11) is -3.59. The van der Waals surface area contributed by atoms with Crippen LogP contribution in [-0.4, -0.2) is 25.2 Å². The normalized spacial score (nSPS) is 11.6. The van der Waals surface area contributed by atoms with E-state index in [1.54, 1.807) is 13.0 Å². The zero-order valence-corrected chi connectivity index (χ0v) is 16.5. The predicted molar refractivity (Wildman–Crippen MR) is 104 cm³/mol. The molecule has 0 fully saturated rings. The lowest BCUT2D eigenvalue weighted by molar-refractivity contribution is -0.136. The molecule has 0 aliphatic rings. The molecule has 0 aliphatic heterocycles. The van der Waals surface area contributed by atoms with Gasteiger partial charge < -0.3 is 9.84 Å². The van der Waals surface area contributed by atoms with E-state index in [0.29, 0.717) is 21.9 Å². The van der Waals surface area contributed by atoms with E-state index < -0.39 is 27.4 Å². The zero-order valence-electron chi connectivity index (χ0n) is 15.7. The predicted octanol–water partition coefficient (Wildman–Crippen LogP) is 4.64. The van der Waals surface area contributed by atoms with E-state index >= 15 is 0 Å². The number of benzene rings is 3. The average molecular weight is 420 g/mol. The summed E-state index contributed by atoms with van der Waals surface area (Å²) in [5, 5.41) is 10.0. The van der Waals surface area contributed by atoms with E-state index in [4.69, 9.17) is 9.84 Å². The standard InChI is InChI=1S/C21H18F2O5S/c1-3-29(26,27)16-6-7-19(18(23)11-16)28-21-12(2)14(9-20(24)25)8-13-4-5-15(22)10-17(13)21/h4-8,10-11H,3,9H2,1-2H3,(H,24,25). The number of carbonyl (C=O) groups is 1. The number of carboxylic acids is 1. The number of hydrogen-bond donors (Lipinski definition) is 1. The van der Waals surface area contributed by atoms with Crippen LogP contribution in [0.4, 0.5) is 8.78 Å². The molecule has 152 valence electrons. The van der Waals surface area contributed by atoms with E-state index in [1.807, 2.05) is 0 Å². The third-order valence-electron chi connectivity index (χ3n) is 4.61. The fraction of sp³-hybridized carbons (Fsp3) is 0.190. The number of sulfone groups is 1. The molecule has 3 aromatic carbocycles. The molecule has 29 heavy (non-hydrogen) atoms. The van der Waals surface area contributed by atoms with Crippen molar-refractivity contribution in [2.45, 2.75) is 25.2 Å². The average Bonchev–Trinajstić information content (AvgIpc) is 2.66. The fourth-order valence-corrected chi connectivity index (χ4v) is 3.90. The van der Waals surface area contributed by atoms with Crippen LogP contribution in [0.3, 0.4) is 0 Å². The second kappa shape index (κ2) is 7.79. The summed E-state index contributed by atoms with van der Waals surface area (Å²) in [6.07, 6.45) is -0.286. The van der Waals surface area contributed by atoms with Crippen molar-refractivity contribution in [3.8, 4) is 11.5 Å². The van der Waals surface area contributed by atoms with Crippen molar-refractivity contribution < 1.29 is 31.8 Å².